The van der Waals surface area contributed by atoms with E-state index in [1.807, 2.05) is 0 Å². The first-order valence-corrected chi connectivity index (χ1v) is 8.32. The summed E-state index contributed by atoms with van der Waals surface area (Å²) in [6.07, 6.45) is 6.94. The lowest BCUT2D eigenvalue weighted by atomic mass is 9.95. The zero-order valence-corrected chi connectivity index (χ0v) is 13.2. The quantitative estimate of drug-likeness (QED) is 0.906. The first-order valence-electron chi connectivity index (χ1n) is 8.32. The molecule has 6 heteroatoms. The molecule has 2 aliphatic rings. The summed E-state index contributed by atoms with van der Waals surface area (Å²) in [6.45, 7) is 2.64. The zero-order chi connectivity index (χ0) is 16.1. The molecule has 0 bridgehead atoms. The van der Waals surface area contributed by atoms with Gasteiger partial charge in [0.1, 0.15) is 0 Å². The molecule has 0 aliphatic carbocycles. The topological polar surface area (TPSA) is 71.5 Å². The average Bonchev–Trinajstić information content (AvgIpc) is 3.13. The van der Waals surface area contributed by atoms with Crippen molar-refractivity contribution in [2.24, 2.45) is 5.92 Å². The van der Waals surface area contributed by atoms with Gasteiger partial charge >= 0.3 is 0 Å². The van der Waals surface area contributed by atoms with Gasteiger partial charge in [-0.05, 0) is 37.8 Å². The van der Waals surface area contributed by atoms with E-state index in [1.165, 1.54) is 0 Å². The molecule has 1 atom stereocenters. The monoisotopic (exact) mass is 317 g/mol. The fourth-order valence-corrected chi connectivity index (χ4v) is 3.18. The predicted octanol–water partition coefficient (Wildman–Crippen LogP) is 1.23. The van der Waals surface area contributed by atoms with E-state index in [1.54, 1.807) is 29.4 Å². The smallest absolute Gasteiger partial charge is 0.255 e. The lowest BCUT2D eigenvalue weighted by molar-refractivity contribution is -0.126. The highest BCUT2D eigenvalue weighted by atomic mass is 16.5. The van der Waals surface area contributed by atoms with Crippen molar-refractivity contribution in [3.05, 3.63) is 30.1 Å². The Hall–Kier alpha value is -1.95. The number of pyridine rings is 1. The molecule has 124 valence electrons. The van der Waals surface area contributed by atoms with Crippen LogP contribution in [0.25, 0.3) is 0 Å². The number of carbonyl (C=O) groups excluding carboxylic acids is 2. The first-order chi connectivity index (χ1) is 11.2. The second-order valence-electron chi connectivity index (χ2n) is 6.19. The molecule has 2 saturated heterocycles. The SMILES string of the molecule is O=C(NCC1CCCO1)C1CCN(C(=O)c2cccnc2)CC1. The standard InChI is InChI=1S/C17H23N3O3/c21-16(19-12-15-4-2-10-23-15)13-5-8-20(9-6-13)17(22)14-3-1-7-18-11-14/h1,3,7,11,13,15H,2,4-6,8-10,12H2,(H,19,21). The van der Waals surface area contributed by atoms with Gasteiger partial charge in [-0.25, -0.2) is 0 Å². The van der Waals surface area contributed by atoms with Crippen LogP contribution in [-0.4, -0.2) is 54.0 Å². The van der Waals surface area contributed by atoms with Crippen molar-refractivity contribution in [1.29, 1.82) is 0 Å². The van der Waals surface area contributed by atoms with Crippen LogP contribution in [0.2, 0.25) is 0 Å². The Morgan fingerprint density at radius 1 is 1.30 bits per heavy atom. The molecule has 1 aromatic heterocycles. The van der Waals surface area contributed by atoms with Crippen LogP contribution in [0, 0.1) is 5.92 Å². The normalized spacial score (nSPS) is 22.1. The van der Waals surface area contributed by atoms with Crippen LogP contribution in [0.3, 0.4) is 0 Å². The third-order valence-electron chi connectivity index (χ3n) is 4.59. The molecular formula is C17H23N3O3. The van der Waals surface area contributed by atoms with E-state index < -0.39 is 0 Å². The van der Waals surface area contributed by atoms with Crippen LogP contribution < -0.4 is 5.32 Å². The van der Waals surface area contributed by atoms with Crippen LogP contribution >= 0.6 is 0 Å². The minimum atomic E-state index is -0.00523. The molecule has 1 N–H and O–H groups in total. The Morgan fingerprint density at radius 2 is 2.13 bits per heavy atom. The Kier molecular flexibility index (Phi) is 5.23. The Morgan fingerprint density at radius 3 is 2.78 bits per heavy atom. The molecule has 2 amide bonds. The summed E-state index contributed by atoms with van der Waals surface area (Å²) in [4.78, 5) is 30.4. The van der Waals surface area contributed by atoms with Crippen molar-refractivity contribution < 1.29 is 14.3 Å². The van der Waals surface area contributed by atoms with Gasteiger partial charge in [-0.1, -0.05) is 0 Å². The highest BCUT2D eigenvalue weighted by Crippen LogP contribution is 2.19. The van der Waals surface area contributed by atoms with Gasteiger partial charge in [-0.15, -0.1) is 0 Å². The van der Waals surface area contributed by atoms with Gasteiger partial charge in [0.25, 0.3) is 5.91 Å². The second-order valence-corrected chi connectivity index (χ2v) is 6.19. The van der Waals surface area contributed by atoms with Crippen LogP contribution in [0.1, 0.15) is 36.0 Å². The number of rotatable bonds is 4. The van der Waals surface area contributed by atoms with Gasteiger partial charge in [0.05, 0.1) is 11.7 Å². The van der Waals surface area contributed by atoms with Gasteiger partial charge in [-0.2, -0.15) is 0 Å². The summed E-state index contributed by atoms with van der Waals surface area (Å²) in [5, 5.41) is 2.99. The van der Waals surface area contributed by atoms with Crippen molar-refractivity contribution in [1.82, 2.24) is 15.2 Å². The number of ether oxygens (including phenoxy) is 1. The fraction of sp³-hybridized carbons (Fsp3) is 0.588. The predicted molar refractivity (Wildman–Crippen MR) is 84.8 cm³/mol. The summed E-state index contributed by atoms with van der Waals surface area (Å²) in [6, 6.07) is 3.54. The third kappa shape index (κ3) is 4.07. The van der Waals surface area contributed by atoms with Crippen molar-refractivity contribution in [2.75, 3.05) is 26.2 Å². The van der Waals surface area contributed by atoms with Crippen molar-refractivity contribution in [3.63, 3.8) is 0 Å². The van der Waals surface area contributed by atoms with Crippen molar-refractivity contribution in [3.8, 4) is 0 Å². The number of likely N-dealkylation sites (tertiary alicyclic amines) is 1. The molecule has 3 rings (SSSR count). The molecule has 6 nitrogen and oxygen atoms in total. The number of hydrogen-bond acceptors (Lipinski definition) is 4. The van der Waals surface area contributed by atoms with Gasteiger partial charge in [0, 0.05) is 44.6 Å². The van der Waals surface area contributed by atoms with Gasteiger partial charge in [0.15, 0.2) is 0 Å². The van der Waals surface area contributed by atoms with Crippen LogP contribution in [0.15, 0.2) is 24.5 Å². The summed E-state index contributed by atoms with van der Waals surface area (Å²) in [5.74, 6) is 0.0830. The molecule has 1 unspecified atom stereocenters. The molecular weight excluding hydrogens is 294 g/mol. The molecule has 0 radical (unpaired) electrons. The molecule has 23 heavy (non-hydrogen) atoms. The van der Waals surface area contributed by atoms with Gasteiger partial charge in [-0.3, -0.25) is 14.6 Å². The summed E-state index contributed by atoms with van der Waals surface area (Å²) in [7, 11) is 0. The highest BCUT2D eigenvalue weighted by molar-refractivity contribution is 5.94. The first kappa shape index (κ1) is 15.9. The summed E-state index contributed by atoms with van der Waals surface area (Å²) < 4.78 is 5.51. The van der Waals surface area contributed by atoms with Crippen LogP contribution in [0.5, 0.6) is 0 Å². The number of amides is 2. The number of nitrogens with one attached hydrogen (secondary N) is 1. The minimum Gasteiger partial charge on any atom is -0.376 e. The molecule has 0 aromatic carbocycles. The van der Waals surface area contributed by atoms with Gasteiger partial charge in [0.2, 0.25) is 5.91 Å². The van der Waals surface area contributed by atoms with Gasteiger partial charge < -0.3 is 15.0 Å². The lowest BCUT2D eigenvalue weighted by Gasteiger charge is -2.31. The highest BCUT2D eigenvalue weighted by Gasteiger charge is 2.28. The Labute approximate surface area is 136 Å². The fourth-order valence-electron chi connectivity index (χ4n) is 3.18. The summed E-state index contributed by atoms with van der Waals surface area (Å²) >= 11 is 0. The zero-order valence-electron chi connectivity index (χ0n) is 13.2. The van der Waals surface area contributed by atoms with E-state index in [-0.39, 0.29) is 23.8 Å². The number of piperidine rings is 1. The number of hydrogen-bond donors (Lipinski definition) is 1. The second kappa shape index (κ2) is 7.55. The molecule has 0 spiro atoms. The van der Waals surface area contributed by atoms with E-state index in [4.69, 9.17) is 4.74 Å². The molecule has 2 aliphatic heterocycles. The van der Waals surface area contributed by atoms with Crippen LogP contribution in [-0.2, 0) is 9.53 Å². The Bertz CT molecular complexity index is 535. The van der Waals surface area contributed by atoms with Crippen molar-refractivity contribution in [2.45, 2.75) is 31.8 Å². The summed E-state index contributed by atoms with van der Waals surface area (Å²) in [5.41, 5.74) is 0.605. The largest absolute Gasteiger partial charge is 0.376 e. The molecule has 3 heterocycles. The average molecular weight is 317 g/mol. The number of aromatic nitrogens is 1. The van der Waals surface area contributed by atoms with Crippen molar-refractivity contribution >= 4 is 11.8 Å². The van der Waals surface area contributed by atoms with E-state index in [0.29, 0.717) is 38.0 Å². The van der Waals surface area contributed by atoms with E-state index in [9.17, 15) is 9.59 Å². The lowest BCUT2D eigenvalue weighted by Crippen LogP contribution is -2.44. The molecule has 0 saturated carbocycles. The van der Waals surface area contributed by atoms with E-state index in [2.05, 4.69) is 10.3 Å². The molecule has 2 fully saturated rings. The third-order valence-corrected chi connectivity index (χ3v) is 4.59. The number of nitrogens with zero attached hydrogens (tertiary/aromatic N) is 2. The maximum atomic E-state index is 12.3. The minimum absolute atomic E-state index is 0.00341. The maximum Gasteiger partial charge on any atom is 0.255 e. The maximum absolute atomic E-state index is 12.3. The van der Waals surface area contributed by atoms with E-state index >= 15 is 0 Å². The molecule has 1 aromatic rings. The van der Waals surface area contributed by atoms with E-state index in [0.717, 1.165) is 19.4 Å². The Balaban J connectivity index is 1.44. The number of carbonyl (C=O) groups is 2. The van der Waals surface area contributed by atoms with Crippen LogP contribution in [0.4, 0.5) is 0 Å².